The van der Waals surface area contributed by atoms with Crippen molar-refractivity contribution in [3.63, 3.8) is 0 Å². The maximum Gasteiger partial charge on any atom is 0.214 e. The Hall–Kier alpha value is -4.49. The zero-order valence-electron chi connectivity index (χ0n) is 23.9. The zero-order valence-corrected chi connectivity index (χ0v) is 23.9. The van der Waals surface area contributed by atoms with Crippen LogP contribution in [0.3, 0.4) is 0 Å². The summed E-state index contributed by atoms with van der Waals surface area (Å²) < 4.78 is 2.51. The summed E-state index contributed by atoms with van der Waals surface area (Å²) in [6, 6.07) is 46.6. The van der Waals surface area contributed by atoms with E-state index in [-0.39, 0.29) is 0 Å². The Morgan fingerprint density at radius 1 is 0.525 bits per heavy atom. The lowest BCUT2D eigenvalue weighted by molar-refractivity contribution is -0.666. The summed E-state index contributed by atoms with van der Waals surface area (Å²) in [4.78, 5) is 0. The molecule has 4 aromatic rings. The van der Waals surface area contributed by atoms with Crippen LogP contribution in [0.25, 0.3) is 44.8 Å². The molecule has 2 aliphatic rings. The van der Waals surface area contributed by atoms with Gasteiger partial charge in [0.25, 0.3) is 0 Å². The summed E-state index contributed by atoms with van der Waals surface area (Å²) in [6.07, 6.45) is 0. The topological polar surface area (TPSA) is 3.88 Å². The molecule has 2 aliphatic carbocycles. The highest BCUT2D eigenvalue weighted by Gasteiger charge is 2.28. The Morgan fingerprint density at radius 2 is 1.12 bits per heavy atom. The zero-order chi connectivity index (χ0) is 27.6. The van der Waals surface area contributed by atoms with Crippen LogP contribution in [0.4, 0.5) is 0 Å². The van der Waals surface area contributed by atoms with Crippen molar-refractivity contribution in [1.82, 2.24) is 0 Å². The van der Waals surface area contributed by atoms with Gasteiger partial charge in [-0.1, -0.05) is 111 Å². The monoisotopic (exact) mass is 518 g/mol. The van der Waals surface area contributed by atoms with Crippen LogP contribution in [0, 0.1) is 13.8 Å². The summed E-state index contributed by atoms with van der Waals surface area (Å²) in [5, 5.41) is 0. The first-order valence-electron chi connectivity index (χ1n) is 14.3. The molecule has 3 aromatic carbocycles. The molecule has 0 saturated carbocycles. The number of pyridine rings is 1. The molecule has 1 heterocycles. The van der Waals surface area contributed by atoms with Gasteiger partial charge in [0.15, 0.2) is 6.54 Å². The van der Waals surface area contributed by atoms with E-state index < -0.39 is 0 Å². The fraction of sp³-hybridized carbons (Fsp3) is 0.154. The number of aryl methyl sites for hydroxylation is 2. The minimum absolute atomic E-state index is 0.474. The molecule has 0 fully saturated rings. The molecule has 0 unspecified atom stereocenters. The van der Waals surface area contributed by atoms with Gasteiger partial charge in [-0.2, -0.15) is 4.57 Å². The molecule has 0 bridgehead atoms. The van der Waals surface area contributed by atoms with E-state index in [0.717, 1.165) is 6.54 Å². The molecule has 0 spiro atoms. The molecule has 40 heavy (non-hydrogen) atoms. The molecule has 0 N–H and O–H groups in total. The highest BCUT2D eigenvalue weighted by molar-refractivity contribution is 5.90. The van der Waals surface area contributed by atoms with Crippen LogP contribution in [0.2, 0.25) is 0 Å². The fourth-order valence-electron chi connectivity index (χ4n) is 5.83. The molecule has 196 valence electrons. The summed E-state index contributed by atoms with van der Waals surface area (Å²) >= 11 is 0. The van der Waals surface area contributed by atoms with E-state index in [1.807, 2.05) is 0 Å². The van der Waals surface area contributed by atoms with Crippen molar-refractivity contribution in [2.24, 2.45) is 0 Å². The van der Waals surface area contributed by atoms with E-state index in [0.29, 0.717) is 5.92 Å². The molecule has 1 aromatic heterocycles. The Labute approximate surface area is 238 Å². The maximum absolute atomic E-state index is 2.51. The number of benzene rings is 3. The molecule has 1 nitrogen and oxygen atoms in total. The predicted molar refractivity (Wildman–Crippen MR) is 169 cm³/mol. The van der Waals surface area contributed by atoms with Gasteiger partial charge in [-0.05, 0) is 76.9 Å². The summed E-state index contributed by atoms with van der Waals surface area (Å²) in [5.74, 6) is 0.474. The third kappa shape index (κ3) is 4.96. The molecular formula is C39H36N+. The predicted octanol–water partition coefficient (Wildman–Crippen LogP) is 9.87. The van der Waals surface area contributed by atoms with Gasteiger partial charge < -0.3 is 0 Å². The van der Waals surface area contributed by atoms with Crippen LogP contribution < -0.4 is 4.57 Å². The second-order valence-electron chi connectivity index (χ2n) is 11.2. The Bertz CT molecular complexity index is 1730. The number of rotatable bonds is 6. The third-order valence-corrected chi connectivity index (χ3v) is 8.02. The largest absolute Gasteiger partial charge is 0.214 e. The van der Waals surface area contributed by atoms with Crippen LogP contribution in [0.1, 0.15) is 42.0 Å². The number of hydrogen-bond acceptors (Lipinski definition) is 0. The second kappa shape index (κ2) is 10.9. The standard InChI is InChI=1S/C39H36N/c1-27(2)33-21-20-28(3)39-35(23-33)29(4)22-36(39)38-25-34(31-16-10-6-11-17-31)24-37(32-18-12-7-13-19-32)40(38)26-30-14-8-5-9-15-30/h5-25,27H,26H2,1-4H3/q+1. The molecular weight excluding hydrogens is 482 g/mol. The second-order valence-corrected chi connectivity index (χ2v) is 11.2. The van der Waals surface area contributed by atoms with Gasteiger partial charge in [0.1, 0.15) is 0 Å². The Balaban J connectivity index is 1.69. The van der Waals surface area contributed by atoms with Crippen LogP contribution in [0.15, 0.2) is 127 Å². The first-order chi connectivity index (χ1) is 19.5. The van der Waals surface area contributed by atoms with E-state index in [2.05, 4.69) is 160 Å². The molecule has 0 amide bonds. The van der Waals surface area contributed by atoms with Gasteiger partial charge in [-0.25, -0.2) is 0 Å². The van der Waals surface area contributed by atoms with Crippen LogP contribution in [0.5, 0.6) is 0 Å². The number of nitrogens with zero attached hydrogens (tertiary/aromatic N) is 1. The minimum Gasteiger partial charge on any atom is -0.187 e. The Morgan fingerprint density at radius 3 is 1.77 bits per heavy atom. The first kappa shape index (κ1) is 25.8. The average molecular weight is 519 g/mol. The fourth-order valence-corrected chi connectivity index (χ4v) is 5.83. The lowest BCUT2D eigenvalue weighted by Gasteiger charge is -2.14. The normalized spacial score (nSPS) is 11.3. The van der Waals surface area contributed by atoms with E-state index >= 15 is 0 Å². The Kier molecular flexibility index (Phi) is 7.05. The lowest BCUT2D eigenvalue weighted by atomic mass is 9.96. The molecule has 0 atom stereocenters. The summed E-state index contributed by atoms with van der Waals surface area (Å²) in [6.45, 7) is 9.86. The average Bonchev–Trinajstić information content (AvgIpc) is 3.20. The van der Waals surface area contributed by atoms with Crippen molar-refractivity contribution in [3.8, 4) is 44.8 Å². The van der Waals surface area contributed by atoms with Gasteiger partial charge in [-0.15, -0.1) is 0 Å². The van der Waals surface area contributed by atoms with Crippen LogP contribution in [-0.2, 0) is 6.54 Å². The number of aromatic nitrogens is 1. The maximum atomic E-state index is 2.51. The van der Waals surface area contributed by atoms with Crippen molar-refractivity contribution >= 4 is 0 Å². The highest BCUT2D eigenvalue weighted by atomic mass is 15.0. The molecule has 0 radical (unpaired) electrons. The van der Waals surface area contributed by atoms with Gasteiger partial charge in [-0.3, -0.25) is 0 Å². The number of fused-ring (bicyclic) bond motifs is 1. The third-order valence-electron chi connectivity index (χ3n) is 8.02. The van der Waals surface area contributed by atoms with Gasteiger partial charge in [0.2, 0.25) is 11.4 Å². The molecule has 1 heteroatoms. The van der Waals surface area contributed by atoms with Crippen molar-refractivity contribution in [2.45, 2.75) is 40.2 Å². The van der Waals surface area contributed by atoms with Crippen LogP contribution >= 0.6 is 0 Å². The summed E-state index contributed by atoms with van der Waals surface area (Å²) in [5.41, 5.74) is 15.4. The number of hydrogen-bond donors (Lipinski definition) is 0. The van der Waals surface area contributed by atoms with E-state index in [1.165, 1.54) is 67.0 Å². The van der Waals surface area contributed by atoms with Gasteiger partial charge in [0, 0.05) is 23.3 Å². The van der Waals surface area contributed by atoms with Crippen molar-refractivity contribution in [3.05, 3.63) is 150 Å². The van der Waals surface area contributed by atoms with Gasteiger partial charge in [0.05, 0.1) is 5.56 Å². The molecule has 0 saturated heterocycles. The SMILES string of the molecule is Cc1cc(-c2cc(-c3ccccc3)cc(-c3ccccc3)[n+]2Cc2ccccc2)c2c(C)ccc(C(C)C)cc1-2. The summed E-state index contributed by atoms with van der Waals surface area (Å²) in [7, 11) is 0. The van der Waals surface area contributed by atoms with Crippen molar-refractivity contribution in [1.29, 1.82) is 0 Å². The van der Waals surface area contributed by atoms with Crippen LogP contribution in [-0.4, -0.2) is 0 Å². The van der Waals surface area contributed by atoms with E-state index in [9.17, 15) is 0 Å². The highest BCUT2D eigenvalue weighted by Crippen LogP contribution is 2.42. The van der Waals surface area contributed by atoms with E-state index in [4.69, 9.17) is 0 Å². The van der Waals surface area contributed by atoms with Gasteiger partial charge >= 0.3 is 0 Å². The smallest absolute Gasteiger partial charge is 0.187 e. The first-order valence-corrected chi connectivity index (χ1v) is 14.3. The van der Waals surface area contributed by atoms with E-state index in [1.54, 1.807) is 0 Å². The molecule has 6 rings (SSSR count). The van der Waals surface area contributed by atoms with Crippen molar-refractivity contribution < 1.29 is 4.57 Å². The quantitative estimate of drug-likeness (QED) is 0.193. The van der Waals surface area contributed by atoms with Crippen molar-refractivity contribution in [2.75, 3.05) is 0 Å². The molecule has 0 aliphatic heterocycles. The minimum atomic E-state index is 0.474. The lowest BCUT2D eigenvalue weighted by Crippen LogP contribution is -2.39.